The third-order valence-corrected chi connectivity index (χ3v) is 4.48. The molecule has 1 unspecified atom stereocenters. The number of carboxylic acid groups (broad SMARTS) is 1. The van der Waals surface area contributed by atoms with E-state index in [-0.39, 0.29) is 17.3 Å². The highest BCUT2D eigenvalue weighted by atomic mass is 32.2. The highest BCUT2D eigenvalue weighted by molar-refractivity contribution is 7.90. The van der Waals surface area contributed by atoms with Crippen molar-refractivity contribution in [2.24, 2.45) is 5.92 Å². The van der Waals surface area contributed by atoms with Crippen LogP contribution in [0.2, 0.25) is 0 Å². The molecule has 0 aliphatic carbocycles. The molecular weight excluding hydrogens is 282 g/mol. The average molecular weight is 297 g/mol. The minimum absolute atomic E-state index is 0.152. The summed E-state index contributed by atoms with van der Waals surface area (Å²) < 4.78 is 22.7. The summed E-state index contributed by atoms with van der Waals surface area (Å²) in [5, 5.41) is 8.90. The number of benzene rings is 1. The minimum Gasteiger partial charge on any atom is -0.481 e. The second-order valence-corrected chi connectivity index (χ2v) is 6.89. The molecule has 1 aliphatic rings. The highest BCUT2D eigenvalue weighted by Crippen LogP contribution is 2.19. The number of rotatable bonds is 3. The Morgan fingerprint density at radius 2 is 1.85 bits per heavy atom. The van der Waals surface area contributed by atoms with Crippen molar-refractivity contribution in [1.82, 2.24) is 4.90 Å². The first-order chi connectivity index (χ1) is 9.29. The molecule has 0 radical (unpaired) electrons. The molecule has 1 heterocycles. The molecule has 0 spiro atoms. The van der Waals surface area contributed by atoms with E-state index in [9.17, 15) is 18.0 Å². The van der Waals surface area contributed by atoms with E-state index < -0.39 is 21.7 Å². The first kappa shape index (κ1) is 14.5. The van der Waals surface area contributed by atoms with Crippen LogP contribution in [0.4, 0.5) is 0 Å². The average Bonchev–Trinajstić information content (AvgIpc) is 2.86. The Hall–Kier alpha value is -1.89. The first-order valence-corrected chi connectivity index (χ1v) is 8.00. The summed E-state index contributed by atoms with van der Waals surface area (Å²) in [7, 11) is -3.29. The summed E-state index contributed by atoms with van der Waals surface area (Å²) in [4.78, 5) is 24.6. The van der Waals surface area contributed by atoms with Crippen LogP contribution in [0.5, 0.6) is 0 Å². The lowest BCUT2D eigenvalue weighted by Crippen LogP contribution is -2.29. The van der Waals surface area contributed by atoms with E-state index in [1.54, 1.807) is 0 Å². The molecule has 2 rings (SSSR count). The van der Waals surface area contributed by atoms with E-state index >= 15 is 0 Å². The smallest absolute Gasteiger partial charge is 0.308 e. The molecule has 6 nitrogen and oxygen atoms in total. The van der Waals surface area contributed by atoms with Crippen molar-refractivity contribution in [1.29, 1.82) is 0 Å². The van der Waals surface area contributed by atoms with Gasteiger partial charge in [-0.3, -0.25) is 9.59 Å². The van der Waals surface area contributed by atoms with Gasteiger partial charge in [-0.2, -0.15) is 0 Å². The van der Waals surface area contributed by atoms with Crippen molar-refractivity contribution < 1.29 is 23.1 Å². The SMILES string of the molecule is CS(=O)(=O)c1ccc(C(=O)N2CCC(C(=O)O)C2)cc1. The molecule has 0 bridgehead atoms. The van der Waals surface area contributed by atoms with Gasteiger partial charge < -0.3 is 10.0 Å². The predicted molar refractivity (Wildman–Crippen MR) is 71.2 cm³/mol. The summed E-state index contributed by atoms with van der Waals surface area (Å²) >= 11 is 0. The van der Waals surface area contributed by atoms with Gasteiger partial charge in [0.15, 0.2) is 9.84 Å². The van der Waals surface area contributed by atoms with Crippen LogP contribution in [-0.2, 0) is 14.6 Å². The van der Waals surface area contributed by atoms with Gasteiger partial charge in [-0.25, -0.2) is 8.42 Å². The number of sulfone groups is 1. The lowest BCUT2D eigenvalue weighted by Gasteiger charge is -2.15. The van der Waals surface area contributed by atoms with Gasteiger partial charge >= 0.3 is 5.97 Å². The van der Waals surface area contributed by atoms with Gasteiger partial charge in [-0.15, -0.1) is 0 Å². The number of aliphatic carboxylic acids is 1. The molecule has 1 aromatic rings. The van der Waals surface area contributed by atoms with Crippen LogP contribution in [0.15, 0.2) is 29.2 Å². The maximum absolute atomic E-state index is 12.2. The number of carbonyl (C=O) groups excluding carboxylic acids is 1. The maximum atomic E-state index is 12.2. The first-order valence-electron chi connectivity index (χ1n) is 6.11. The van der Waals surface area contributed by atoms with Crippen LogP contribution in [0.3, 0.4) is 0 Å². The lowest BCUT2D eigenvalue weighted by atomic mass is 10.1. The molecule has 1 aromatic carbocycles. The van der Waals surface area contributed by atoms with Gasteiger partial charge in [-0.1, -0.05) is 0 Å². The molecule has 1 amide bonds. The van der Waals surface area contributed by atoms with E-state index in [2.05, 4.69) is 0 Å². The van der Waals surface area contributed by atoms with E-state index in [0.717, 1.165) is 6.26 Å². The normalized spacial score (nSPS) is 19.1. The Morgan fingerprint density at radius 3 is 2.30 bits per heavy atom. The summed E-state index contributed by atoms with van der Waals surface area (Å²) in [6.07, 6.45) is 1.55. The zero-order valence-electron chi connectivity index (χ0n) is 10.9. The van der Waals surface area contributed by atoms with Gasteiger partial charge in [0.25, 0.3) is 5.91 Å². The van der Waals surface area contributed by atoms with E-state index in [0.29, 0.717) is 18.5 Å². The van der Waals surface area contributed by atoms with Gasteiger partial charge in [0, 0.05) is 24.9 Å². The fourth-order valence-corrected chi connectivity index (χ4v) is 2.80. The number of amides is 1. The van der Waals surface area contributed by atoms with Gasteiger partial charge in [0.05, 0.1) is 10.8 Å². The predicted octanol–water partition coefficient (Wildman–Crippen LogP) is 0.637. The quantitative estimate of drug-likeness (QED) is 0.883. The Morgan fingerprint density at radius 1 is 1.25 bits per heavy atom. The molecule has 20 heavy (non-hydrogen) atoms. The fourth-order valence-electron chi connectivity index (χ4n) is 2.17. The largest absolute Gasteiger partial charge is 0.481 e. The summed E-state index contributed by atoms with van der Waals surface area (Å²) in [5.74, 6) is -1.68. The van der Waals surface area contributed by atoms with Gasteiger partial charge in [-0.05, 0) is 30.7 Å². The zero-order valence-corrected chi connectivity index (χ0v) is 11.8. The third-order valence-electron chi connectivity index (χ3n) is 3.35. The number of nitrogens with zero attached hydrogens (tertiary/aromatic N) is 1. The third kappa shape index (κ3) is 2.98. The molecule has 108 valence electrons. The molecule has 0 saturated carbocycles. The molecule has 0 aromatic heterocycles. The van der Waals surface area contributed by atoms with E-state index in [1.165, 1.54) is 29.2 Å². The Labute approximate surface area is 116 Å². The monoisotopic (exact) mass is 297 g/mol. The highest BCUT2D eigenvalue weighted by Gasteiger charge is 2.31. The molecule has 1 saturated heterocycles. The Bertz CT molecular complexity index is 635. The van der Waals surface area contributed by atoms with Crippen molar-refractivity contribution in [3.05, 3.63) is 29.8 Å². The Balaban J connectivity index is 2.13. The van der Waals surface area contributed by atoms with Crippen LogP contribution in [0.25, 0.3) is 0 Å². The summed E-state index contributed by atoms with van der Waals surface area (Å²) in [5.41, 5.74) is 0.364. The minimum atomic E-state index is -3.29. The molecule has 1 aliphatic heterocycles. The maximum Gasteiger partial charge on any atom is 0.308 e. The van der Waals surface area contributed by atoms with Crippen molar-refractivity contribution in [2.45, 2.75) is 11.3 Å². The van der Waals surface area contributed by atoms with Gasteiger partial charge in [0.1, 0.15) is 0 Å². The van der Waals surface area contributed by atoms with E-state index in [1.807, 2.05) is 0 Å². The van der Waals surface area contributed by atoms with Crippen LogP contribution in [0, 0.1) is 5.92 Å². The van der Waals surface area contributed by atoms with Crippen molar-refractivity contribution in [3.8, 4) is 0 Å². The molecular formula is C13H15NO5S. The van der Waals surface area contributed by atoms with Crippen molar-refractivity contribution >= 4 is 21.7 Å². The van der Waals surface area contributed by atoms with Crippen LogP contribution in [0.1, 0.15) is 16.8 Å². The number of carbonyl (C=O) groups is 2. The molecule has 1 N–H and O–H groups in total. The van der Waals surface area contributed by atoms with Crippen molar-refractivity contribution in [2.75, 3.05) is 19.3 Å². The number of hydrogen-bond acceptors (Lipinski definition) is 4. The molecule has 1 atom stereocenters. The molecule has 7 heteroatoms. The van der Waals surface area contributed by atoms with Crippen LogP contribution < -0.4 is 0 Å². The molecule has 1 fully saturated rings. The zero-order chi connectivity index (χ0) is 14.9. The van der Waals surface area contributed by atoms with Crippen molar-refractivity contribution in [3.63, 3.8) is 0 Å². The number of likely N-dealkylation sites (tertiary alicyclic amines) is 1. The summed E-state index contributed by atoms with van der Waals surface area (Å²) in [6, 6.07) is 5.67. The van der Waals surface area contributed by atoms with Gasteiger partial charge in [0.2, 0.25) is 0 Å². The second kappa shape index (κ2) is 5.24. The van der Waals surface area contributed by atoms with Crippen LogP contribution >= 0.6 is 0 Å². The van der Waals surface area contributed by atoms with Crippen LogP contribution in [-0.4, -0.2) is 49.6 Å². The standard InChI is InChI=1S/C13H15NO5S/c1-20(18,19)11-4-2-9(3-5-11)12(15)14-7-6-10(8-14)13(16)17/h2-5,10H,6-8H2,1H3,(H,16,17). The Kier molecular flexibility index (Phi) is 3.80. The number of hydrogen-bond donors (Lipinski definition) is 1. The second-order valence-electron chi connectivity index (χ2n) is 4.87. The summed E-state index contributed by atoms with van der Waals surface area (Å²) in [6.45, 7) is 0.603. The lowest BCUT2D eigenvalue weighted by molar-refractivity contribution is -0.141. The topological polar surface area (TPSA) is 91.8 Å². The fraction of sp³-hybridized carbons (Fsp3) is 0.385. The van der Waals surface area contributed by atoms with E-state index in [4.69, 9.17) is 5.11 Å². The number of carboxylic acids is 1.